The number of nitrogens with two attached hydrogens (primary N) is 1. The zero-order valence-corrected chi connectivity index (χ0v) is 17.1. The van der Waals surface area contributed by atoms with E-state index in [1.807, 2.05) is 12.1 Å². The van der Waals surface area contributed by atoms with E-state index in [0.717, 1.165) is 31.2 Å². The fraction of sp³-hybridized carbons (Fsp3) is 0.556. The Balaban J connectivity index is 0.00000288. The number of likely N-dealkylation sites (tertiary alicyclic amines) is 1. The minimum absolute atomic E-state index is 0. The zero-order valence-electron chi connectivity index (χ0n) is 14.8. The van der Waals surface area contributed by atoms with E-state index < -0.39 is 5.91 Å². The Morgan fingerprint density at radius 3 is 2.33 bits per heavy atom. The highest BCUT2D eigenvalue weighted by molar-refractivity contribution is 14.0. The number of carbonyl (C=O) groups is 1. The number of amides is 1. The Bertz CT molecular complexity index is 549. The first kappa shape index (κ1) is 20.7. The standard InChI is InChI=1S/C18H28N4O.HI/c1-4-20-18(22-11-13(2)9-14(3)12-22)21-10-15-5-7-16(8-6-15)17(19)23;/h5-8,13-14H,4,9-12H2,1-3H3,(H2,19,23)(H,20,21);1H. The summed E-state index contributed by atoms with van der Waals surface area (Å²) in [6, 6.07) is 7.33. The van der Waals surface area contributed by atoms with Gasteiger partial charge in [-0.05, 0) is 42.9 Å². The van der Waals surface area contributed by atoms with Gasteiger partial charge in [-0.3, -0.25) is 4.79 Å². The molecule has 1 aliphatic heterocycles. The van der Waals surface area contributed by atoms with E-state index in [2.05, 4.69) is 31.0 Å². The molecule has 1 amide bonds. The second kappa shape index (κ2) is 9.86. The summed E-state index contributed by atoms with van der Waals surface area (Å²) in [4.78, 5) is 18.2. The lowest BCUT2D eigenvalue weighted by Crippen LogP contribution is -2.48. The molecule has 1 aromatic rings. The van der Waals surface area contributed by atoms with Crippen LogP contribution in [-0.4, -0.2) is 36.4 Å². The normalized spacial score (nSPS) is 21.1. The van der Waals surface area contributed by atoms with Gasteiger partial charge in [-0.15, -0.1) is 24.0 Å². The van der Waals surface area contributed by atoms with E-state index in [1.165, 1.54) is 6.42 Å². The molecule has 0 aliphatic carbocycles. The maximum absolute atomic E-state index is 11.1. The van der Waals surface area contributed by atoms with Gasteiger partial charge >= 0.3 is 0 Å². The number of benzene rings is 1. The largest absolute Gasteiger partial charge is 0.366 e. The fourth-order valence-electron chi connectivity index (χ4n) is 3.20. The SMILES string of the molecule is CCNC(=NCc1ccc(C(N)=O)cc1)N1CC(C)CC(C)C1.I. The number of nitrogens with one attached hydrogen (secondary N) is 1. The van der Waals surface area contributed by atoms with Crippen molar-refractivity contribution < 1.29 is 4.79 Å². The van der Waals surface area contributed by atoms with Gasteiger partial charge in [0.15, 0.2) is 5.96 Å². The van der Waals surface area contributed by atoms with Crippen molar-refractivity contribution in [1.82, 2.24) is 10.2 Å². The number of halogens is 1. The molecule has 1 heterocycles. The van der Waals surface area contributed by atoms with Crippen molar-refractivity contribution in [3.63, 3.8) is 0 Å². The van der Waals surface area contributed by atoms with Gasteiger partial charge in [0, 0.05) is 25.2 Å². The molecule has 0 radical (unpaired) electrons. The van der Waals surface area contributed by atoms with Crippen LogP contribution >= 0.6 is 24.0 Å². The van der Waals surface area contributed by atoms with Crippen LogP contribution in [-0.2, 0) is 6.54 Å². The molecule has 3 N–H and O–H groups in total. The second-order valence-electron chi connectivity index (χ2n) is 6.58. The molecule has 1 fully saturated rings. The minimum Gasteiger partial charge on any atom is -0.366 e. The molecule has 5 nitrogen and oxygen atoms in total. The van der Waals surface area contributed by atoms with E-state index >= 15 is 0 Å². The molecule has 0 saturated carbocycles. The third kappa shape index (κ3) is 5.96. The van der Waals surface area contributed by atoms with Crippen LogP contribution in [0.25, 0.3) is 0 Å². The summed E-state index contributed by atoms with van der Waals surface area (Å²) in [5, 5.41) is 3.40. The number of piperidine rings is 1. The van der Waals surface area contributed by atoms with Gasteiger partial charge in [0.1, 0.15) is 0 Å². The molecular weight excluding hydrogens is 415 g/mol. The second-order valence-corrected chi connectivity index (χ2v) is 6.58. The molecule has 1 saturated heterocycles. The predicted molar refractivity (Wildman–Crippen MR) is 110 cm³/mol. The molecule has 134 valence electrons. The van der Waals surface area contributed by atoms with Crippen LogP contribution in [0.3, 0.4) is 0 Å². The average Bonchev–Trinajstić information content (AvgIpc) is 2.50. The minimum atomic E-state index is -0.398. The smallest absolute Gasteiger partial charge is 0.248 e. The monoisotopic (exact) mass is 444 g/mol. The topological polar surface area (TPSA) is 70.7 Å². The number of hydrogen-bond donors (Lipinski definition) is 2. The van der Waals surface area contributed by atoms with E-state index in [4.69, 9.17) is 10.7 Å². The molecule has 24 heavy (non-hydrogen) atoms. The van der Waals surface area contributed by atoms with Crippen molar-refractivity contribution in [2.75, 3.05) is 19.6 Å². The van der Waals surface area contributed by atoms with Gasteiger partial charge in [-0.1, -0.05) is 26.0 Å². The summed E-state index contributed by atoms with van der Waals surface area (Å²) < 4.78 is 0. The molecule has 2 unspecified atom stereocenters. The number of hydrogen-bond acceptors (Lipinski definition) is 2. The van der Waals surface area contributed by atoms with Crippen molar-refractivity contribution in [2.24, 2.45) is 22.6 Å². The average molecular weight is 444 g/mol. The highest BCUT2D eigenvalue weighted by Crippen LogP contribution is 2.21. The lowest BCUT2D eigenvalue weighted by molar-refractivity contribution is 0.100. The van der Waals surface area contributed by atoms with Gasteiger partial charge in [0.25, 0.3) is 0 Å². The molecule has 6 heteroatoms. The quantitative estimate of drug-likeness (QED) is 0.426. The molecule has 2 atom stereocenters. The van der Waals surface area contributed by atoms with E-state index in [1.54, 1.807) is 12.1 Å². The Morgan fingerprint density at radius 1 is 1.25 bits per heavy atom. The lowest BCUT2D eigenvalue weighted by Gasteiger charge is -2.37. The Kier molecular flexibility index (Phi) is 8.52. The van der Waals surface area contributed by atoms with Gasteiger partial charge in [0.05, 0.1) is 6.54 Å². The summed E-state index contributed by atoms with van der Waals surface area (Å²) in [6.07, 6.45) is 1.28. The van der Waals surface area contributed by atoms with Crippen LogP contribution < -0.4 is 11.1 Å². The van der Waals surface area contributed by atoms with Crippen molar-refractivity contribution >= 4 is 35.8 Å². The first-order valence-electron chi connectivity index (χ1n) is 8.41. The van der Waals surface area contributed by atoms with Crippen molar-refractivity contribution in [2.45, 2.75) is 33.7 Å². The summed E-state index contributed by atoms with van der Waals surface area (Å²) in [5.74, 6) is 1.96. The predicted octanol–water partition coefficient (Wildman–Crippen LogP) is 2.85. The molecular formula is C18H29IN4O. The van der Waals surface area contributed by atoms with Crippen LogP contribution in [0.5, 0.6) is 0 Å². The molecule has 1 aromatic carbocycles. The van der Waals surface area contributed by atoms with Crippen LogP contribution in [0.15, 0.2) is 29.3 Å². The first-order valence-corrected chi connectivity index (χ1v) is 8.41. The van der Waals surface area contributed by atoms with Crippen LogP contribution in [0.4, 0.5) is 0 Å². The highest BCUT2D eigenvalue weighted by Gasteiger charge is 2.23. The van der Waals surface area contributed by atoms with E-state index in [-0.39, 0.29) is 24.0 Å². The number of rotatable bonds is 4. The first-order chi connectivity index (χ1) is 11.0. The third-order valence-electron chi connectivity index (χ3n) is 4.15. The third-order valence-corrected chi connectivity index (χ3v) is 4.15. The van der Waals surface area contributed by atoms with Crippen molar-refractivity contribution in [1.29, 1.82) is 0 Å². The highest BCUT2D eigenvalue weighted by atomic mass is 127. The maximum atomic E-state index is 11.1. The van der Waals surface area contributed by atoms with E-state index in [0.29, 0.717) is 23.9 Å². The molecule has 0 aromatic heterocycles. The zero-order chi connectivity index (χ0) is 16.8. The van der Waals surface area contributed by atoms with E-state index in [9.17, 15) is 4.79 Å². The number of nitrogens with zero attached hydrogens (tertiary/aromatic N) is 2. The number of guanidine groups is 1. The Hall–Kier alpha value is -1.31. The summed E-state index contributed by atoms with van der Waals surface area (Å²) in [7, 11) is 0. The number of primary amides is 1. The Labute approximate surface area is 162 Å². The Morgan fingerprint density at radius 2 is 1.83 bits per heavy atom. The van der Waals surface area contributed by atoms with Gasteiger partial charge in [-0.25, -0.2) is 4.99 Å². The van der Waals surface area contributed by atoms with Gasteiger partial charge in [0.2, 0.25) is 5.91 Å². The van der Waals surface area contributed by atoms with Crippen LogP contribution in [0.1, 0.15) is 43.1 Å². The summed E-state index contributed by atoms with van der Waals surface area (Å²) in [6.45, 7) is 10.3. The summed E-state index contributed by atoms with van der Waals surface area (Å²) in [5.41, 5.74) is 6.87. The van der Waals surface area contributed by atoms with Crippen molar-refractivity contribution in [3.05, 3.63) is 35.4 Å². The van der Waals surface area contributed by atoms with Crippen molar-refractivity contribution in [3.8, 4) is 0 Å². The van der Waals surface area contributed by atoms with Gasteiger partial charge < -0.3 is 16.0 Å². The number of aliphatic imine (C=N–C) groups is 1. The van der Waals surface area contributed by atoms with Crippen LogP contribution in [0, 0.1) is 11.8 Å². The fourth-order valence-corrected chi connectivity index (χ4v) is 3.20. The molecule has 1 aliphatic rings. The van der Waals surface area contributed by atoms with Gasteiger partial charge in [-0.2, -0.15) is 0 Å². The summed E-state index contributed by atoms with van der Waals surface area (Å²) >= 11 is 0. The lowest BCUT2D eigenvalue weighted by atomic mass is 9.92. The molecule has 0 spiro atoms. The maximum Gasteiger partial charge on any atom is 0.248 e. The molecule has 2 rings (SSSR count). The van der Waals surface area contributed by atoms with Crippen LogP contribution in [0.2, 0.25) is 0 Å². The molecule has 0 bridgehead atoms. The number of carbonyl (C=O) groups excluding carboxylic acids is 1.